The third kappa shape index (κ3) is 4.97. The molecule has 25 heavy (non-hydrogen) atoms. The van der Waals surface area contributed by atoms with Gasteiger partial charge in [-0.3, -0.25) is 9.80 Å². The van der Waals surface area contributed by atoms with Crippen LogP contribution in [0.3, 0.4) is 0 Å². The van der Waals surface area contributed by atoms with Gasteiger partial charge in [-0.15, -0.1) is 0 Å². The second-order valence-electron chi connectivity index (χ2n) is 10.4. The minimum absolute atomic E-state index is 0.0745. The maximum Gasteiger partial charge on any atom is 0.0642 e. The second kappa shape index (κ2) is 7.46. The maximum atomic E-state index is 6.38. The van der Waals surface area contributed by atoms with Crippen LogP contribution in [0.5, 0.6) is 0 Å². The highest BCUT2D eigenvalue weighted by atomic mass is 16.5. The van der Waals surface area contributed by atoms with Crippen LogP contribution < -0.4 is 0 Å². The fraction of sp³-hybridized carbons (Fsp3) is 1.00. The standard InChI is InChI=1S/C21H40N2O2/c1-16-9-18-13-23(20(2,3)4)19(12-22(18)11-16)10-21(5,6)25-15-17-7-8-24-14-17/h16-19H,7-15H2,1-6H3. The summed E-state index contributed by atoms with van der Waals surface area (Å²) in [4.78, 5) is 5.51. The van der Waals surface area contributed by atoms with E-state index in [-0.39, 0.29) is 11.1 Å². The molecule has 0 spiro atoms. The van der Waals surface area contributed by atoms with Crippen LogP contribution in [0.4, 0.5) is 0 Å². The first kappa shape index (κ1) is 19.6. The number of fused-ring (bicyclic) bond motifs is 1. The highest BCUT2D eigenvalue weighted by molar-refractivity contribution is 4.99. The summed E-state index contributed by atoms with van der Waals surface area (Å²) in [6.45, 7) is 20.4. The molecule has 0 saturated carbocycles. The first-order valence-electron chi connectivity index (χ1n) is 10.4. The predicted octanol–water partition coefficient (Wildman–Crippen LogP) is 3.40. The Balaban J connectivity index is 1.62. The molecule has 3 heterocycles. The van der Waals surface area contributed by atoms with E-state index >= 15 is 0 Å². The van der Waals surface area contributed by atoms with E-state index in [2.05, 4.69) is 51.3 Å². The molecule has 146 valence electrons. The summed E-state index contributed by atoms with van der Waals surface area (Å²) in [5.74, 6) is 1.44. The summed E-state index contributed by atoms with van der Waals surface area (Å²) in [6, 6.07) is 1.33. The van der Waals surface area contributed by atoms with Crippen LogP contribution in [0.25, 0.3) is 0 Å². The van der Waals surface area contributed by atoms with Gasteiger partial charge < -0.3 is 9.47 Å². The van der Waals surface area contributed by atoms with Crippen LogP contribution in [-0.4, -0.2) is 72.5 Å². The molecule has 3 aliphatic rings. The lowest BCUT2D eigenvalue weighted by atomic mass is 9.90. The zero-order chi connectivity index (χ0) is 18.2. The Bertz CT molecular complexity index is 440. The number of piperazine rings is 1. The van der Waals surface area contributed by atoms with E-state index < -0.39 is 0 Å². The van der Waals surface area contributed by atoms with Gasteiger partial charge >= 0.3 is 0 Å². The van der Waals surface area contributed by atoms with Crippen LogP contribution in [0, 0.1) is 11.8 Å². The van der Waals surface area contributed by atoms with E-state index in [0.29, 0.717) is 12.0 Å². The van der Waals surface area contributed by atoms with E-state index in [0.717, 1.165) is 44.6 Å². The molecule has 3 aliphatic heterocycles. The van der Waals surface area contributed by atoms with Crippen molar-refractivity contribution in [3.63, 3.8) is 0 Å². The lowest BCUT2D eigenvalue weighted by Gasteiger charge is -2.51. The summed E-state index contributed by atoms with van der Waals surface area (Å²) in [7, 11) is 0. The molecule has 3 saturated heterocycles. The Kier molecular flexibility index (Phi) is 5.85. The maximum absolute atomic E-state index is 6.38. The number of rotatable bonds is 5. The molecule has 3 fully saturated rings. The molecule has 0 N–H and O–H groups in total. The highest BCUT2D eigenvalue weighted by Gasteiger charge is 2.43. The molecule has 0 aromatic heterocycles. The van der Waals surface area contributed by atoms with Crippen molar-refractivity contribution in [2.24, 2.45) is 11.8 Å². The molecule has 0 amide bonds. The minimum atomic E-state index is -0.0745. The molecule has 4 unspecified atom stereocenters. The zero-order valence-corrected chi connectivity index (χ0v) is 17.4. The van der Waals surface area contributed by atoms with Crippen molar-refractivity contribution in [3.8, 4) is 0 Å². The number of nitrogens with zero attached hydrogens (tertiary/aromatic N) is 2. The Morgan fingerprint density at radius 1 is 1.08 bits per heavy atom. The van der Waals surface area contributed by atoms with Gasteiger partial charge in [0.25, 0.3) is 0 Å². The number of ether oxygens (including phenoxy) is 2. The zero-order valence-electron chi connectivity index (χ0n) is 17.4. The van der Waals surface area contributed by atoms with Crippen molar-refractivity contribution in [3.05, 3.63) is 0 Å². The van der Waals surface area contributed by atoms with Gasteiger partial charge in [-0.1, -0.05) is 6.92 Å². The van der Waals surface area contributed by atoms with Crippen molar-refractivity contribution in [2.45, 2.75) is 84.0 Å². The summed E-state index contributed by atoms with van der Waals surface area (Å²) in [6.07, 6.45) is 3.62. The molecular formula is C21H40N2O2. The highest BCUT2D eigenvalue weighted by Crippen LogP contribution is 2.35. The van der Waals surface area contributed by atoms with Crippen LogP contribution in [0.2, 0.25) is 0 Å². The minimum Gasteiger partial charge on any atom is -0.381 e. The largest absolute Gasteiger partial charge is 0.381 e. The summed E-state index contributed by atoms with van der Waals surface area (Å²) in [5.41, 5.74) is 0.146. The average molecular weight is 353 g/mol. The topological polar surface area (TPSA) is 24.9 Å². The molecule has 0 aliphatic carbocycles. The molecule has 4 nitrogen and oxygen atoms in total. The van der Waals surface area contributed by atoms with Gasteiger partial charge in [-0.05, 0) is 59.8 Å². The Hall–Kier alpha value is -0.160. The van der Waals surface area contributed by atoms with E-state index in [9.17, 15) is 0 Å². The first-order chi connectivity index (χ1) is 11.6. The van der Waals surface area contributed by atoms with E-state index in [4.69, 9.17) is 9.47 Å². The monoisotopic (exact) mass is 352 g/mol. The van der Waals surface area contributed by atoms with Gasteiger partial charge in [0.2, 0.25) is 0 Å². The summed E-state index contributed by atoms with van der Waals surface area (Å²) >= 11 is 0. The molecule has 0 aromatic rings. The van der Waals surface area contributed by atoms with E-state index in [1.807, 2.05) is 0 Å². The fourth-order valence-corrected chi connectivity index (χ4v) is 5.08. The van der Waals surface area contributed by atoms with E-state index in [1.165, 1.54) is 26.1 Å². The van der Waals surface area contributed by atoms with Gasteiger partial charge in [0.1, 0.15) is 0 Å². The quantitative estimate of drug-likeness (QED) is 0.757. The lowest BCUT2D eigenvalue weighted by molar-refractivity contribution is -0.0830. The first-order valence-corrected chi connectivity index (χ1v) is 10.4. The SMILES string of the molecule is CC1CC2CN(C(C)(C)C)C(CC(C)(C)OCC3CCOC3)CN2C1. The third-order valence-corrected chi connectivity index (χ3v) is 6.35. The van der Waals surface area contributed by atoms with Crippen LogP contribution >= 0.6 is 0 Å². The summed E-state index contributed by atoms with van der Waals surface area (Å²) < 4.78 is 11.9. The van der Waals surface area contributed by atoms with E-state index in [1.54, 1.807) is 0 Å². The molecule has 3 rings (SSSR count). The fourth-order valence-electron chi connectivity index (χ4n) is 5.08. The number of hydrogen-bond donors (Lipinski definition) is 0. The predicted molar refractivity (Wildman–Crippen MR) is 103 cm³/mol. The van der Waals surface area contributed by atoms with Crippen molar-refractivity contribution < 1.29 is 9.47 Å². The smallest absolute Gasteiger partial charge is 0.0642 e. The van der Waals surface area contributed by atoms with Gasteiger partial charge in [-0.25, -0.2) is 0 Å². The van der Waals surface area contributed by atoms with Crippen molar-refractivity contribution in [1.29, 1.82) is 0 Å². The molecule has 4 atom stereocenters. The van der Waals surface area contributed by atoms with Gasteiger partial charge in [-0.2, -0.15) is 0 Å². The van der Waals surface area contributed by atoms with Crippen LogP contribution in [0.1, 0.15) is 60.8 Å². The average Bonchev–Trinajstić information content (AvgIpc) is 3.10. The van der Waals surface area contributed by atoms with Crippen molar-refractivity contribution in [1.82, 2.24) is 9.80 Å². The van der Waals surface area contributed by atoms with Gasteiger partial charge in [0.05, 0.1) is 18.8 Å². The van der Waals surface area contributed by atoms with Gasteiger partial charge in [0.15, 0.2) is 0 Å². The second-order valence-corrected chi connectivity index (χ2v) is 10.4. The molecular weight excluding hydrogens is 312 g/mol. The van der Waals surface area contributed by atoms with Gasteiger partial charge in [0, 0.05) is 49.8 Å². The lowest BCUT2D eigenvalue weighted by Crippen LogP contribution is -2.62. The third-order valence-electron chi connectivity index (χ3n) is 6.35. The molecule has 0 bridgehead atoms. The summed E-state index contributed by atoms with van der Waals surface area (Å²) in [5, 5.41) is 0. The van der Waals surface area contributed by atoms with Crippen LogP contribution in [-0.2, 0) is 9.47 Å². The normalized spacial score (nSPS) is 35.3. The van der Waals surface area contributed by atoms with Crippen molar-refractivity contribution >= 4 is 0 Å². The Labute approximate surface area is 155 Å². The van der Waals surface area contributed by atoms with Crippen molar-refractivity contribution in [2.75, 3.05) is 39.5 Å². The number of hydrogen-bond acceptors (Lipinski definition) is 4. The molecule has 4 heteroatoms. The van der Waals surface area contributed by atoms with Crippen LogP contribution in [0.15, 0.2) is 0 Å². The molecule has 0 aromatic carbocycles. The Morgan fingerprint density at radius 2 is 1.84 bits per heavy atom. The Morgan fingerprint density at radius 3 is 2.48 bits per heavy atom. The molecule has 0 radical (unpaired) electrons.